The van der Waals surface area contributed by atoms with Crippen molar-refractivity contribution in [1.82, 2.24) is 9.13 Å². The summed E-state index contributed by atoms with van der Waals surface area (Å²) < 4.78 is 4.91. The van der Waals surface area contributed by atoms with Crippen molar-refractivity contribution in [2.75, 3.05) is 0 Å². The van der Waals surface area contributed by atoms with Gasteiger partial charge in [-0.1, -0.05) is 109 Å². The monoisotopic (exact) mass is 508 g/mol. The average molecular weight is 509 g/mol. The molecule has 0 radical (unpaired) electrons. The summed E-state index contributed by atoms with van der Waals surface area (Å²) in [6.45, 7) is 0. The highest BCUT2D eigenvalue weighted by atomic mass is 15.0. The molecule has 2 aromatic heterocycles. The lowest BCUT2D eigenvalue weighted by molar-refractivity contribution is 1.15. The van der Waals surface area contributed by atoms with Gasteiger partial charge in [-0.05, 0) is 57.9 Å². The molecule has 0 saturated carbocycles. The molecule has 2 heterocycles. The summed E-state index contributed by atoms with van der Waals surface area (Å²) in [5.41, 5.74) is 7.25. The van der Waals surface area contributed by atoms with Gasteiger partial charge in [0.1, 0.15) is 0 Å². The molecule has 0 aliphatic heterocycles. The third-order valence-corrected chi connectivity index (χ3v) is 8.47. The summed E-state index contributed by atoms with van der Waals surface area (Å²) in [5, 5.41) is 10.2. The molecular formula is C38H24N2. The minimum absolute atomic E-state index is 1.17. The molecule has 9 rings (SSSR count). The molecule has 0 bridgehead atoms. The van der Waals surface area contributed by atoms with Crippen LogP contribution in [0.25, 0.3) is 76.5 Å². The van der Waals surface area contributed by atoms with Gasteiger partial charge in [-0.3, -0.25) is 0 Å². The van der Waals surface area contributed by atoms with E-state index in [0.717, 1.165) is 0 Å². The second-order valence-corrected chi connectivity index (χ2v) is 10.6. The molecule has 0 spiro atoms. The molecule has 40 heavy (non-hydrogen) atoms. The van der Waals surface area contributed by atoms with Gasteiger partial charge in [0, 0.05) is 32.9 Å². The molecule has 0 atom stereocenters. The van der Waals surface area contributed by atoms with E-state index >= 15 is 0 Å². The summed E-state index contributed by atoms with van der Waals surface area (Å²) in [5.74, 6) is 0. The van der Waals surface area contributed by atoms with Gasteiger partial charge in [0.25, 0.3) is 0 Å². The SMILES string of the molecule is c1ccc(-n2c3ccccc3c3ccc4c5ccccc5n(-c5ccc6c(ccc7ccccc76)c5)c4c32)cc1. The zero-order chi connectivity index (χ0) is 26.2. The Morgan fingerprint density at radius 2 is 0.800 bits per heavy atom. The first-order valence-electron chi connectivity index (χ1n) is 13.8. The molecular weight excluding hydrogens is 484 g/mol. The van der Waals surface area contributed by atoms with Crippen LogP contribution in [-0.4, -0.2) is 9.13 Å². The van der Waals surface area contributed by atoms with E-state index in [-0.39, 0.29) is 0 Å². The van der Waals surface area contributed by atoms with Gasteiger partial charge < -0.3 is 9.13 Å². The fourth-order valence-corrected chi connectivity index (χ4v) is 6.75. The van der Waals surface area contributed by atoms with Gasteiger partial charge in [-0.2, -0.15) is 0 Å². The smallest absolute Gasteiger partial charge is 0.0788 e. The molecule has 0 saturated heterocycles. The quantitative estimate of drug-likeness (QED) is 0.206. The van der Waals surface area contributed by atoms with Gasteiger partial charge in [0.05, 0.1) is 22.1 Å². The zero-order valence-electron chi connectivity index (χ0n) is 21.8. The van der Waals surface area contributed by atoms with Crippen LogP contribution in [0.2, 0.25) is 0 Å². The first-order valence-corrected chi connectivity index (χ1v) is 13.8. The lowest BCUT2D eigenvalue weighted by atomic mass is 10.0. The molecule has 0 aliphatic carbocycles. The Bertz CT molecular complexity index is 2420. The number of hydrogen-bond donors (Lipinski definition) is 0. The Morgan fingerprint density at radius 1 is 0.300 bits per heavy atom. The molecule has 0 N–H and O–H groups in total. The van der Waals surface area contributed by atoms with Crippen LogP contribution in [0.4, 0.5) is 0 Å². The third-order valence-electron chi connectivity index (χ3n) is 8.47. The Labute approximate surface area is 230 Å². The molecule has 186 valence electrons. The van der Waals surface area contributed by atoms with Crippen LogP contribution in [0.15, 0.2) is 146 Å². The van der Waals surface area contributed by atoms with Crippen molar-refractivity contribution in [3.63, 3.8) is 0 Å². The van der Waals surface area contributed by atoms with Crippen molar-refractivity contribution in [3.05, 3.63) is 146 Å². The summed E-state index contributed by atoms with van der Waals surface area (Å²) in [6, 6.07) is 53.0. The Kier molecular flexibility index (Phi) is 4.36. The second kappa shape index (κ2) is 8.08. The van der Waals surface area contributed by atoms with Crippen molar-refractivity contribution >= 4 is 65.2 Å². The number of hydrogen-bond acceptors (Lipinski definition) is 0. The molecule has 9 aromatic rings. The highest BCUT2D eigenvalue weighted by Crippen LogP contribution is 2.42. The fourth-order valence-electron chi connectivity index (χ4n) is 6.75. The van der Waals surface area contributed by atoms with Crippen molar-refractivity contribution in [3.8, 4) is 11.4 Å². The van der Waals surface area contributed by atoms with Crippen molar-refractivity contribution in [2.24, 2.45) is 0 Å². The van der Waals surface area contributed by atoms with Gasteiger partial charge in [0.2, 0.25) is 0 Å². The zero-order valence-corrected chi connectivity index (χ0v) is 21.8. The largest absolute Gasteiger partial charge is 0.307 e. The van der Waals surface area contributed by atoms with E-state index in [9.17, 15) is 0 Å². The molecule has 0 aliphatic rings. The van der Waals surface area contributed by atoms with Crippen molar-refractivity contribution < 1.29 is 0 Å². The molecule has 0 unspecified atom stereocenters. The minimum Gasteiger partial charge on any atom is -0.307 e. The predicted molar refractivity (Wildman–Crippen MR) is 170 cm³/mol. The number of benzene rings is 7. The summed E-state index contributed by atoms with van der Waals surface area (Å²) >= 11 is 0. The minimum atomic E-state index is 1.17. The Hall–Kier alpha value is -5.34. The van der Waals surface area contributed by atoms with E-state index in [4.69, 9.17) is 0 Å². The second-order valence-electron chi connectivity index (χ2n) is 10.6. The van der Waals surface area contributed by atoms with Crippen molar-refractivity contribution in [2.45, 2.75) is 0 Å². The summed E-state index contributed by atoms with van der Waals surface area (Å²) in [4.78, 5) is 0. The maximum Gasteiger partial charge on any atom is 0.0788 e. The first-order chi connectivity index (χ1) is 19.9. The van der Waals surface area contributed by atoms with Crippen LogP contribution in [0.3, 0.4) is 0 Å². The Morgan fingerprint density at radius 3 is 1.50 bits per heavy atom. The maximum absolute atomic E-state index is 2.47. The van der Waals surface area contributed by atoms with Gasteiger partial charge in [-0.15, -0.1) is 0 Å². The molecule has 7 aromatic carbocycles. The normalized spacial score (nSPS) is 12.0. The van der Waals surface area contributed by atoms with Crippen LogP contribution >= 0.6 is 0 Å². The van der Waals surface area contributed by atoms with Gasteiger partial charge in [-0.25, -0.2) is 0 Å². The van der Waals surface area contributed by atoms with Crippen LogP contribution < -0.4 is 0 Å². The lowest BCUT2D eigenvalue weighted by Gasteiger charge is -2.13. The number of aromatic nitrogens is 2. The molecule has 2 nitrogen and oxygen atoms in total. The van der Waals surface area contributed by atoms with E-state index in [1.807, 2.05) is 0 Å². The first kappa shape index (κ1) is 21.6. The number of fused-ring (bicyclic) bond motifs is 10. The maximum atomic E-state index is 2.47. The van der Waals surface area contributed by atoms with E-state index in [0.29, 0.717) is 0 Å². The highest BCUT2D eigenvalue weighted by molar-refractivity contribution is 6.24. The number of para-hydroxylation sites is 3. The predicted octanol–water partition coefficient (Wildman–Crippen LogP) is 10.2. The van der Waals surface area contributed by atoms with Gasteiger partial charge >= 0.3 is 0 Å². The standard InChI is InChI=1S/C38H24N2/c1-2-11-27(12-3-1)39-35-16-8-6-14-31(35)33-22-23-34-32-15-7-9-17-36(32)40(38(34)37(33)39)28-20-21-30-26(24-28)19-18-25-10-4-5-13-29(25)30/h1-24H. The van der Waals surface area contributed by atoms with Crippen LogP contribution in [-0.2, 0) is 0 Å². The highest BCUT2D eigenvalue weighted by Gasteiger charge is 2.21. The molecule has 0 amide bonds. The Balaban J connectivity index is 1.48. The van der Waals surface area contributed by atoms with E-state index in [2.05, 4.69) is 155 Å². The number of nitrogens with zero attached hydrogens (tertiary/aromatic N) is 2. The van der Waals surface area contributed by atoms with E-state index < -0.39 is 0 Å². The third kappa shape index (κ3) is 2.88. The molecule has 0 fully saturated rings. The van der Waals surface area contributed by atoms with Crippen molar-refractivity contribution in [1.29, 1.82) is 0 Å². The molecule has 2 heteroatoms. The fraction of sp³-hybridized carbons (Fsp3) is 0. The average Bonchev–Trinajstić information content (AvgIpc) is 3.54. The topological polar surface area (TPSA) is 9.86 Å². The van der Waals surface area contributed by atoms with Crippen LogP contribution in [0.5, 0.6) is 0 Å². The number of rotatable bonds is 2. The summed E-state index contributed by atoms with van der Waals surface area (Å²) in [6.07, 6.45) is 0. The van der Waals surface area contributed by atoms with E-state index in [1.165, 1.54) is 76.5 Å². The van der Waals surface area contributed by atoms with Crippen LogP contribution in [0.1, 0.15) is 0 Å². The lowest BCUT2D eigenvalue weighted by Crippen LogP contribution is -1.98. The van der Waals surface area contributed by atoms with Gasteiger partial charge in [0.15, 0.2) is 0 Å². The van der Waals surface area contributed by atoms with E-state index in [1.54, 1.807) is 0 Å². The van der Waals surface area contributed by atoms with Crippen LogP contribution in [0, 0.1) is 0 Å². The summed E-state index contributed by atoms with van der Waals surface area (Å²) in [7, 11) is 0.